The Balaban J connectivity index is 2.31. The Bertz CT molecular complexity index is 654. The Kier molecular flexibility index (Phi) is 4.55. The fourth-order valence-electron chi connectivity index (χ4n) is 1.95. The number of methoxy groups -OCH3 is 1. The van der Waals surface area contributed by atoms with E-state index in [2.05, 4.69) is 5.32 Å². The van der Waals surface area contributed by atoms with Gasteiger partial charge in [-0.25, -0.2) is 8.78 Å². The Morgan fingerprint density at radius 2 is 2.00 bits per heavy atom. The third-order valence-electron chi connectivity index (χ3n) is 2.93. The van der Waals surface area contributed by atoms with E-state index < -0.39 is 17.7 Å². The number of benzene rings is 1. The summed E-state index contributed by atoms with van der Waals surface area (Å²) < 4.78 is 38.3. The molecular formula is C15H14F2N2O2. The molecular weight excluding hydrogens is 278 g/mol. The number of nitriles is 1. The summed E-state index contributed by atoms with van der Waals surface area (Å²) in [4.78, 5) is 0. The highest BCUT2D eigenvalue weighted by Gasteiger charge is 2.20. The number of hydrogen-bond donors (Lipinski definition) is 1. The topological polar surface area (TPSA) is 58.2 Å². The fraction of sp³-hybridized carbons (Fsp3) is 0.267. The highest BCUT2D eigenvalue weighted by atomic mass is 19.1. The van der Waals surface area contributed by atoms with Gasteiger partial charge in [0.25, 0.3) is 0 Å². The van der Waals surface area contributed by atoms with E-state index in [1.54, 1.807) is 25.1 Å². The number of aryl methyl sites for hydroxylation is 1. The zero-order chi connectivity index (χ0) is 15.4. The number of nitrogens with zero attached hydrogens (tertiary/aromatic N) is 1. The van der Waals surface area contributed by atoms with Gasteiger partial charge in [-0.05, 0) is 31.2 Å². The number of furan rings is 1. The first-order chi connectivity index (χ1) is 10.0. The summed E-state index contributed by atoms with van der Waals surface area (Å²) in [7, 11) is 1.48. The van der Waals surface area contributed by atoms with E-state index in [0.717, 1.165) is 12.1 Å². The van der Waals surface area contributed by atoms with Crippen LogP contribution in [0.3, 0.4) is 0 Å². The van der Waals surface area contributed by atoms with Crippen LogP contribution in [0, 0.1) is 29.9 Å². The summed E-state index contributed by atoms with van der Waals surface area (Å²) in [5, 5.41) is 11.4. The summed E-state index contributed by atoms with van der Waals surface area (Å²) in [6, 6.07) is 6.58. The molecule has 6 heteroatoms. The van der Waals surface area contributed by atoms with Crippen LogP contribution in [-0.2, 0) is 4.74 Å². The minimum Gasteiger partial charge on any atom is -0.464 e. The van der Waals surface area contributed by atoms with Gasteiger partial charge in [-0.3, -0.25) is 0 Å². The standard InChI is InChI=1S/C15H14F2N2O2/c1-9-3-4-14(21-9)13(8-20-2)19-15-11(16)5-10(7-18)6-12(15)17/h3-6,13,19H,8H2,1-2H3. The summed E-state index contributed by atoms with van der Waals surface area (Å²) in [5.41, 5.74) is -0.391. The average Bonchev–Trinajstić information content (AvgIpc) is 2.87. The van der Waals surface area contributed by atoms with Crippen LogP contribution in [0.15, 0.2) is 28.7 Å². The summed E-state index contributed by atoms with van der Waals surface area (Å²) in [5.74, 6) is -0.474. The molecule has 0 spiro atoms. The third-order valence-corrected chi connectivity index (χ3v) is 2.93. The first-order valence-electron chi connectivity index (χ1n) is 6.26. The van der Waals surface area contributed by atoms with Crippen molar-refractivity contribution < 1.29 is 17.9 Å². The van der Waals surface area contributed by atoms with Crippen molar-refractivity contribution in [3.05, 3.63) is 53.0 Å². The monoisotopic (exact) mass is 292 g/mol. The normalized spacial score (nSPS) is 12.0. The maximum atomic E-state index is 13.9. The molecule has 0 bridgehead atoms. The molecule has 0 amide bonds. The predicted octanol–water partition coefficient (Wildman–Crippen LogP) is 3.54. The minimum absolute atomic E-state index is 0.0762. The van der Waals surface area contributed by atoms with Gasteiger partial charge in [-0.2, -0.15) is 5.26 Å². The number of rotatable bonds is 5. The molecule has 1 heterocycles. The molecule has 0 aliphatic heterocycles. The summed E-state index contributed by atoms with van der Waals surface area (Å²) in [6.45, 7) is 1.95. The Morgan fingerprint density at radius 3 is 2.48 bits per heavy atom. The molecule has 1 aromatic heterocycles. The van der Waals surface area contributed by atoms with Crippen LogP contribution in [0.1, 0.15) is 23.1 Å². The molecule has 0 saturated heterocycles. The van der Waals surface area contributed by atoms with Crippen LogP contribution in [0.25, 0.3) is 0 Å². The fourth-order valence-corrected chi connectivity index (χ4v) is 1.95. The second-order valence-corrected chi connectivity index (χ2v) is 4.53. The first kappa shape index (κ1) is 15.0. The SMILES string of the molecule is COCC(Nc1c(F)cc(C#N)cc1F)c1ccc(C)o1. The number of halogens is 2. The van der Waals surface area contributed by atoms with Crippen molar-refractivity contribution in [3.8, 4) is 6.07 Å². The van der Waals surface area contributed by atoms with Gasteiger partial charge < -0.3 is 14.5 Å². The number of anilines is 1. The van der Waals surface area contributed by atoms with Crippen LogP contribution < -0.4 is 5.32 Å². The molecule has 1 N–H and O–H groups in total. The van der Waals surface area contributed by atoms with E-state index in [9.17, 15) is 8.78 Å². The van der Waals surface area contributed by atoms with Gasteiger partial charge in [0.15, 0.2) is 11.6 Å². The largest absolute Gasteiger partial charge is 0.464 e. The highest BCUT2D eigenvalue weighted by molar-refractivity contribution is 5.51. The smallest absolute Gasteiger partial charge is 0.150 e. The van der Waals surface area contributed by atoms with Crippen molar-refractivity contribution in [2.45, 2.75) is 13.0 Å². The van der Waals surface area contributed by atoms with Gasteiger partial charge in [0.05, 0.1) is 18.2 Å². The molecule has 1 atom stereocenters. The molecule has 0 fully saturated rings. The van der Waals surface area contributed by atoms with Crippen LogP contribution in [0.2, 0.25) is 0 Å². The van der Waals surface area contributed by atoms with Gasteiger partial charge in [-0.1, -0.05) is 0 Å². The molecule has 0 aliphatic rings. The predicted molar refractivity (Wildman–Crippen MR) is 72.8 cm³/mol. The maximum Gasteiger partial charge on any atom is 0.150 e. The molecule has 0 aliphatic carbocycles. The molecule has 1 unspecified atom stereocenters. The van der Waals surface area contributed by atoms with Crippen molar-refractivity contribution in [3.63, 3.8) is 0 Å². The second-order valence-electron chi connectivity index (χ2n) is 4.53. The van der Waals surface area contributed by atoms with E-state index in [1.807, 2.05) is 0 Å². The van der Waals surface area contributed by atoms with Crippen molar-refractivity contribution in [1.29, 1.82) is 5.26 Å². The lowest BCUT2D eigenvalue weighted by Crippen LogP contribution is -2.17. The lowest BCUT2D eigenvalue weighted by Gasteiger charge is -2.18. The number of nitrogens with one attached hydrogen (secondary N) is 1. The van der Waals surface area contributed by atoms with E-state index in [0.29, 0.717) is 11.5 Å². The van der Waals surface area contributed by atoms with Crippen LogP contribution in [0.4, 0.5) is 14.5 Å². The third kappa shape index (κ3) is 3.38. The zero-order valence-electron chi connectivity index (χ0n) is 11.6. The van der Waals surface area contributed by atoms with Crippen molar-refractivity contribution >= 4 is 5.69 Å². The number of hydrogen-bond acceptors (Lipinski definition) is 4. The average molecular weight is 292 g/mol. The quantitative estimate of drug-likeness (QED) is 0.915. The van der Waals surface area contributed by atoms with Gasteiger partial charge >= 0.3 is 0 Å². The first-order valence-corrected chi connectivity index (χ1v) is 6.26. The molecule has 21 heavy (non-hydrogen) atoms. The molecule has 4 nitrogen and oxygen atoms in total. The van der Waals surface area contributed by atoms with Gasteiger partial charge in [-0.15, -0.1) is 0 Å². The van der Waals surface area contributed by atoms with Crippen molar-refractivity contribution in [1.82, 2.24) is 0 Å². The lowest BCUT2D eigenvalue weighted by molar-refractivity contribution is 0.178. The van der Waals surface area contributed by atoms with Gasteiger partial charge in [0.2, 0.25) is 0 Å². The van der Waals surface area contributed by atoms with Crippen LogP contribution in [0.5, 0.6) is 0 Å². The Hall–Kier alpha value is -2.39. The van der Waals surface area contributed by atoms with Crippen LogP contribution in [-0.4, -0.2) is 13.7 Å². The molecule has 1 aromatic carbocycles. The lowest BCUT2D eigenvalue weighted by atomic mass is 10.1. The highest BCUT2D eigenvalue weighted by Crippen LogP contribution is 2.27. The zero-order valence-corrected chi connectivity index (χ0v) is 11.6. The van der Waals surface area contributed by atoms with Crippen LogP contribution >= 0.6 is 0 Å². The molecule has 2 aromatic rings. The molecule has 0 saturated carbocycles. The molecule has 110 valence electrons. The Labute approximate surface area is 120 Å². The molecule has 2 rings (SSSR count). The van der Waals surface area contributed by atoms with E-state index in [1.165, 1.54) is 7.11 Å². The minimum atomic E-state index is -0.837. The van der Waals surface area contributed by atoms with E-state index in [4.69, 9.17) is 14.4 Å². The van der Waals surface area contributed by atoms with Crippen molar-refractivity contribution in [2.75, 3.05) is 19.0 Å². The van der Waals surface area contributed by atoms with Gasteiger partial charge in [0.1, 0.15) is 23.2 Å². The van der Waals surface area contributed by atoms with Gasteiger partial charge in [0, 0.05) is 7.11 Å². The van der Waals surface area contributed by atoms with E-state index >= 15 is 0 Å². The maximum absolute atomic E-state index is 13.9. The second kappa shape index (κ2) is 6.37. The number of ether oxygens (including phenoxy) is 1. The summed E-state index contributed by atoms with van der Waals surface area (Å²) in [6.07, 6.45) is 0. The Morgan fingerprint density at radius 1 is 1.33 bits per heavy atom. The molecule has 0 radical (unpaired) electrons. The van der Waals surface area contributed by atoms with E-state index in [-0.39, 0.29) is 17.9 Å². The van der Waals surface area contributed by atoms with Crippen molar-refractivity contribution in [2.24, 2.45) is 0 Å². The summed E-state index contributed by atoms with van der Waals surface area (Å²) >= 11 is 0.